The second kappa shape index (κ2) is 10.9. The predicted molar refractivity (Wildman–Crippen MR) is 113 cm³/mol. The van der Waals surface area contributed by atoms with E-state index in [1.807, 2.05) is 0 Å². The van der Waals surface area contributed by atoms with Gasteiger partial charge in [0, 0.05) is 13.0 Å². The third-order valence-corrected chi connectivity index (χ3v) is 4.64. The van der Waals surface area contributed by atoms with Gasteiger partial charge in [0.2, 0.25) is 5.91 Å². The number of aliphatic carboxylic acids is 2. The Morgan fingerprint density at radius 2 is 1.55 bits per heavy atom. The van der Waals surface area contributed by atoms with Crippen LogP contribution in [0.4, 0.5) is 0 Å². The van der Waals surface area contributed by atoms with Crippen molar-refractivity contribution in [1.82, 2.24) is 4.90 Å². The van der Waals surface area contributed by atoms with Crippen molar-refractivity contribution in [2.75, 3.05) is 14.1 Å². The number of esters is 1. The molecule has 2 unspecified atom stereocenters. The summed E-state index contributed by atoms with van der Waals surface area (Å²) >= 11 is 0. The third kappa shape index (κ3) is 6.13. The lowest BCUT2D eigenvalue weighted by Gasteiger charge is -2.36. The van der Waals surface area contributed by atoms with Crippen molar-refractivity contribution in [1.29, 1.82) is 0 Å². The van der Waals surface area contributed by atoms with Gasteiger partial charge in [-0.15, -0.1) is 0 Å². The van der Waals surface area contributed by atoms with Gasteiger partial charge in [-0.05, 0) is 50.8 Å². The van der Waals surface area contributed by atoms with Crippen molar-refractivity contribution >= 4 is 23.8 Å². The number of nitrogens with two attached hydrogens (primary N) is 1. The zero-order chi connectivity index (χ0) is 23.8. The number of amides is 1. The van der Waals surface area contributed by atoms with Crippen molar-refractivity contribution in [2.45, 2.75) is 25.3 Å². The number of carboxylic acid groups (broad SMARTS) is 2. The summed E-state index contributed by atoms with van der Waals surface area (Å²) in [7, 11) is 3.31. The number of carbonyl (C=O) groups excluding carboxylic acids is 2. The Labute approximate surface area is 180 Å². The molecule has 0 radical (unpaired) electrons. The maximum atomic E-state index is 12.3. The zero-order valence-corrected chi connectivity index (χ0v) is 17.7. The van der Waals surface area contributed by atoms with Gasteiger partial charge in [-0.1, -0.05) is 30.3 Å². The van der Waals surface area contributed by atoms with E-state index in [-0.39, 0.29) is 11.3 Å². The number of carboxylic acids is 2. The normalized spacial score (nSPS) is 13.2. The van der Waals surface area contributed by atoms with Crippen LogP contribution in [0.1, 0.15) is 29.8 Å². The van der Waals surface area contributed by atoms with E-state index in [1.54, 1.807) is 56.3 Å². The Bertz CT molecular complexity index is 924. The van der Waals surface area contributed by atoms with Gasteiger partial charge in [0.1, 0.15) is 5.75 Å². The van der Waals surface area contributed by atoms with Crippen LogP contribution < -0.4 is 10.5 Å². The van der Waals surface area contributed by atoms with Crippen LogP contribution in [-0.2, 0) is 19.8 Å². The Morgan fingerprint density at radius 3 is 2.00 bits per heavy atom. The third-order valence-electron chi connectivity index (χ3n) is 4.64. The second-order valence-corrected chi connectivity index (χ2v) is 6.92. The van der Waals surface area contributed by atoms with Crippen LogP contribution in [0, 0.1) is 0 Å². The summed E-state index contributed by atoms with van der Waals surface area (Å²) in [5.74, 6) is -3.67. The number of primary amides is 1. The minimum Gasteiger partial charge on any atom is -0.481 e. The van der Waals surface area contributed by atoms with E-state index in [1.165, 1.54) is 24.3 Å². The SMILES string of the molecule is CC(=O)O.CC(N(C)C)C(C(N)=O)(C(=O)O)c1cccc(OC(=O)c2ccccc2)c1. The second-order valence-electron chi connectivity index (χ2n) is 6.92. The molecule has 0 spiro atoms. The lowest BCUT2D eigenvalue weighted by Crippen LogP contribution is -2.59. The van der Waals surface area contributed by atoms with Crippen LogP contribution in [0.5, 0.6) is 5.75 Å². The molecule has 0 aliphatic rings. The van der Waals surface area contributed by atoms with Gasteiger partial charge < -0.3 is 25.6 Å². The van der Waals surface area contributed by atoms with Gasteiger partial charge in [-0.3, -0.25) is 14.4 Å². The fourth-order valence-corrected chi connectivity index (χ4v) is 2.93. The predicted octanol–water partition coefficient (Wildman–Crippen LogP) is 1.75. The lowest BCUT2D eigenvalue weighted by molar-refractivity contribution is -0.151. The van der Waals surface area contributed by atoms with E-state index in [9.17, 15) is 19.5 Å². The molecule has 166 valence electrons. The summed E-state index contributed by atoms with van der Waals surface area (Å²) in [6, 6.07) is 13.5. The first-order valence-electron chi connectivity index (χ1n) is 9.21. The number of hydrogen-bond donors (Lipinski definition) is 3. The molecular formula is C22H26N2O7. The summed E-state index contributed by atoms with van der Waals surface area (Å²) < 4.78 is 5.34. The first-order valence-corrected chi connectivity index (χ1v) is 9.21. The van der Waals surface area contributed by atoms with Crippen LogP contribution in [0.2, 0.25) is 0 Å². The molecule has 1 amide bonds. The molecule has 2 aromatic carbocycles. The average Bonchev–Trinajstić information content (AvgIpc) is 2.68. The molecule has 0 saturated heterocycles. The molecule has 0 aliphatic heterocycles. The van der Waals surface area contributed by atoms with E-state index in [0.717, 1.165) is 6.92 Å². The zero-order valence-electron chi connectivity index (χ0n) is 17.7. The van der Waals surface area contributed by atoms with Gasteiger partial charge >= 0.3 is 11.9 Å². The number of rotatable bonds is 7. The first-order chi connectivity index (χ1) is 14.4. The highest BCUT2D eigenvalue weighted by atomic mass is 16.5. The molecule has 0 aliphatic carbocycles. The van der Waals surface area contributed by atoms with Crippen LogP contribution in [-0.4, -0.2) is 59.1 Å². The summed E-state index contributed by atoms with van der Waals surface area (Å²) in [6.07, 6.45) is 0. The maximum absolute atomic E-state index is 12.3. The highest BCUT2D eigenvalue weighted by Gasteiger charge is 2.52. The molecule has 0 heterocycles. The summed E-state index contributed by atoms with van der Waals surface area (Å²) in [5, 5.41) is 17.3. The number of likely N-dealkylation sites (N-methyl/N-ethyl adjacent to an activating group) is 1. The number of nitrogens with zero attached hydrogens (tertiary/aromatic N) is 1. The van der Waals surface area contributed by atoms with Crippen molar-refractivity contribution in [3.63, 3.8) is 0 Å². The Morgan fingerprint density at radius 1 is 1.00 bits per heavy atom. The maximum Gasteiger partial charge on any atom is 0.343 e. The fourth-order valence-electron chi connectivity index (χ4n) is 2.93. The highest BCUT2D eigenvalue weighted by Crippen LogP contribution is 2.33. The molecule has 2 aromatic rings. The molecule has 0 aromatic heterocycles. The lowest BCUT2D eigenvalue weighted by atomic mass is 9.73. The number of hydrogen-bond acceptors (Lipinski definition) is 6. The van der Waals surface area contributed by atoms with Gasteiger partial charge in [0.15, 0.2) is 5.41 Å². The molecule has 0 bridgehead atoms. The number of carbonyl (C=O) groups is 4. The summed E-state index contributed by atoms with van der Waals surface area (Å²) in [6.45, 7) is 2.68. The molecule has 2 atom stereocenters. The topological polar surface area (TPSA) is 147 Å². The van der Waals surface area contributed by atoms with E-state index in [0.29, 0.717) is 5.56 Å². The molecule has 9 nitrogen and oxygen atoms in total. The van der Waals surface area contributed by atoms with Crippen LogP contribution in [0.15, 0.2) is 54.6 Å². The molecule has 9 heteroatoms. The Hall–Kier alpha value is -3.72. The quantitative estimate of drug-likeness (QED) is 0.342. The number of benzene rings is 2. The summed E-state index contributed by atoms with van der Waals surface area (Å²) in [4.78, 5) is 47.2. The molecular weight excluding hydrogens is 404 g/mol. The van der Waals surface area contributed by atoms with Gasteiger partial charge in [-0.2, -0.15) is 0 Å². The Balaban J connectivity index is 0.00000110. The van der Waals surface area contributed by atoms with Crippen molar-refractivity contribution in [3.05, 3.63) is 65.7 Å². The van der Waals surface area contributed by atoms with E-state index in [2.05, 4.69) is 0 Å². The van der Waals surface area contributed by atoms with Crippen molar-refractivity contribution in [3.8, 4) is 5.75 Å². The standard InChI is InChI=1S/C20H22N2O5.C2H4O2/c1-13(22(2)3)20(18(21)24,19(25)26)15-10-7-11-16(12-15)27-17(23)14-8-5-4-6-9-14;1-2(3)4/h4-13H,1-3H3,(H2,21,24)(H,25,26);1H3,(H,3,4). The molecule has 0 saturated carbocycles. The summed E-state index contributed by atoms with van der Waals surface area (Å²) in [5.41, 5.74) is 4.02. The first kappa shape index (κ1) is 25.3. The average molecular weight is 430 g/mol. The van der Waals surface area contributed by atoms with Crippen molar-refractivity contribution < 1.29 is 34.1 Å². The minimum absolute atomic E-state index is 0.124. The van der Waals surface area contributed by atoms with Crippen LogP contribution in [0.3, 0.4) is 0 Å². The molecule has 31 heavy (non-hydrogen) atoms. The van der Waals surface area contributed by atoms with E-state index >= 15 is 0 Å². The minimum atomic E-state index is -2.00. The van der Waals surface area contributed by atoms with E-state index < -0.39 is 35.3 Å². The monoisotopic (exact) mass is 430 g/mol. The smallest absolute Gasteiger partial charge is 0.343 e. The largest absolute Gasteiger partial charge is 0.481 e. The Kier molecular flexibility index (Phi) is 8.89. The van der Waals surface area contributed by atoms with Crippen molar-refractivity contribution in [2.24, 2.45) is 5.73 Å². The molecule has 2 rings (SSSR count). The van der Waals surface area contributed by atoms with Crippen LogP contribution in [0.25, 0.3) is 0 Å². The number of ether oxygens (including phenoxy) is 1. The van der Waals surface area contributed by atoms with Gasteiger partial charge in [0.05, 0.1) is 5.56 Å². The molecule has 4 N–H and O–H groups in total. The fraction of sp³-hybridized carbons (Fsp3) is 0.273. The molecule has 0 fully saturated rings. The van der Waals surface area contributed by atoms with Gasteiger partial charge in [-0.25, -0.2) is 4.79 Å². The van der Waals surface area contributed by atoms with Crippen LogP contribution >= 0.6 is 0 Å². The van der Waals surface area contributed by atoms with E-state index in [4.69, 9.17) is 20.4 Å². The highest BCUT2D eigenvalue weighted by molar-refractivity contribution is 6.08. The van der Waals surface area contributed by atoms with Gasteiger partial charge in [0.25, 0.3) is 5.97 Å².